The molecule has 0 unspecified atom stereocenters. The van der Waals surface area contributed by atoms with E-state index in [1.807, 2.05) is 0 Å². The van der Waals surface area contributed by atoms with Gasteiger partial charge in [0.1, 0.15) is 11.5 Å². The maximum absolute atomic E-state index is 6.32. The van der Waals surface area contributed by atoms with Gasteiger partial charge in [-0.25, -0.2) is 0 Å². The van der Waals surface area contributed by atoms with Crippen molar-refractivity contribution in [2.75, 3.05) is 36.0 Å². The van der Waals surface area contributed by atoms with Crippen LogP contribution in [-0.2, 0) is 6.42 Å². The van der Waals surface area contributed by atoms with Crippen LogP contribution in [0.15, 0.2) is 36.4 Å². The Balaban J connectivity index is 0.00000157. The van der Waals surface area contributed by atoms with E-state index in [1.165, 1.54) is 74.4 Å². The number of benzene rings is 2. The molecule has 0 saturated carbocycles. The number of hydrogen-bond acceptors (Lipinski definition) is 3. The monoisotopic (exact) mass is 336 g/mol. The molecule has 0 aliphatic carbocycles. The van der Waals surface area contributed by atoms with E-state index < -0.39 is 0 Å². The number of hydrogen-bond donors (Lipinski definition) is 0. The molecule has 3 heteroatoms. The lowest BCUT2D eigenvalue weighted by atomic mass is 9.99. The van der Waals surface area contributed by atoms with Crippen LogP contribution in [0, 0.1) is 0 Å². The second kappa shape index (κ2) is 6.62. The van der Waals surface area contributed by atoms with E-state index in [2.05, 4.69) is 46.2 Å². The fourth-order valence-corrected chi connectivity index (χ4v) is 4.24. The number of anilines is 2. The number of ether oxygens (including phenoxy) is 1. The molecule has 2 aromatic carbocycles. The van der Waals surface area contributed by atoms with Gasteiger partial charge < -0.3 is 14.5 Å². The van der Waals surface area contributed by atoms with E-state index in [0.29, 0.717) is 0 Å². The quantitative estimate of drug-likeness (QED) is 0.638. The second-order valence-corrected chi connectivity index (χ2v) is 7.25. The van der Waals surface area contributed by atoms with Gasteiger partial charge in [0.05, 0.1) is 0 Å². The van der Waals surface area contributed by atoms with Gasteiger partial charge in [-0.05, 0) is 48.9 Å². The van der Waals surface area contributed by atoms with Crippen LogP contribution in [0.1, 0.15) is 44.2 Å². The highest BCUT2D eigenvalue weighted by Crippen LogP contribution is 2.40. The van der Waals surface area contributed by atoms with E-state index in [4.69, 9.17) is 4.74 Å². The van der Waals surface area contributed by atoms with Gasteiger partial charge in [-0.3, -0.25) is 0 Å². The summed E-state index contributed by atoms with van der Waals surface area (Å²) in [5.41, 5.74) is 5.23. The van der Waals surface area contributed by atoms with Crippen molar-refractivity contribution in [2.24, 2.45) is 0 Å². The van der Waals surface area contributed by atoms with E-state index >= 15 is 0 Å². The summed E-state index contributed by atoms with van der Waals surface area (Å²) in [5.74, 6) is 2.09. The van der Waals surface area contributed by atoms with E-state index in [1.54, 1.807) is 0 Å². The van der Waals surface area contributed by atoms with Gasteiger partial charge in [0.2, 0.25) is 0 Å². The first kappa shape index (κ1) is 16.3. The van der Waals surface area contributed by atoms with Gasteiger partial charge in [0, 0.05) is 56.1 Å². The summed E-state index contributed by atoms with van der Waals surface area (Å²) < 4.78 is 6.32. The summed E-state index contributed by atoms with van der Waals surface area (Å²) in [6.07, 6.45) is 6.20. The standard InChI is InChI=1S/C21H24N2O.CH4/c1-2-10-22(9-1)18-7-5-16-13-17-6-8-19(23-11-3-4-12-23)15-21(17)24-20(16)14-18;/h5-8,14-15H,1-4,9-13H2;1H4. The largest absolute Gasteiger partial charge is 0.457 e. The predicted octanol–water partition coefficient (Wildman–Crippen LogP) is 5.22. The van der Waals surface area contributed by atoms with E-state index in [0.717, 1.165) is 17.9 Å². The molecule has 3 aliphatic heterocycles. The lowest BCUT2D eigenvalue weighted by molar-refractivity contribution is 0.460. The third kappa shape index (κ3) is 2.97. The Morgan fingerprint density at radius 1 is 0.640 bits per heavy atom. The Morgan fingerprint density at radius 3 is 1.52 bits per heavy atom. The van der Waals surface area contributed by atoms with Crippen molar-refractivity contribution in [3.05, 3.63) is 47.5 Å². The summed E-state index contributed by atoms with van der Waals surface area (Å²) >= 11 is 0. The van der Waals surface area contributed by atoms with Crippen LogP contribution in [0.2, 0.25) is 0 Å². The SMILES string of the molecule is C.c1cc2c(cc1N1CCCC1)Oc1cc(N3CCCC3)ccc1C2. The van der Waals surface area contributed by atoms with E-state index in [-0.39, 0.29) is 7.43 Å². The minimum Gasteiger partial charge on any atom is -0.457 e. The fourth-order valence-electron chi connectivity index (χ4n) is 4.24. The Hall–Kier alpha value is -2.16. The molecule has 0 radical (unpaired) electrons. The average molecular weight is 336 g/mol. The average Bonchev–Trinajstić information content (AvgIpc) is 3.32. The molecule has 3 nitrogen and oxygen atoms in total. The second-order valence-electron chi connectivity index (χ2n) is 7.25. The van der Waals surface area contributed by atoms with Crippen molar-refractivity contribution in [1.29, 1.82) is 0 Å². The first-order chi connectivity index (χ1) is 11.9. The van der Waals surface area contributed by atoms with Crippen molar-refractivity contribution in [2.45, 2.75) is 39.5 Å². The molecule has 2 saturated heterocycles. The number of rotatable bonds is 2. The van der Waals surface area contributed by atoms with Crippen LogP contribution >= 0.6 is 0 Å². The van der Waals surface area contributed by atoms with Crippen molar-refractivity contribution < 1.29 is 4.74 Å². The Morgan fingerprint density at radius 2 is 1.08 bits per heavy atom. The topological polar surface area (TPSA) is 15.7 Å². The number of fused-ring (bicyclic) bond motifs is 2. The molecule has 0 atom stereocenters. The van der Waals surface area contributed by atoms with Crippen LogP contribution < -0.4 is 14.5 Å². The normalized spacial score (nSPS) is 18.4. The molecule has 132 valence electrons. The molecule has 0 aromatic heterocycles. The fraction of sp³-hybridized carbons (Fsp3) is 0.455. The Labute approximate surface area is 151 Å². The zero-order chi connectivity index (χ0) is 15.9. The molecule has 2 fully saturated rings. The predicted molar refractivity (Wildman–Crippen MR) is 105 cm³/mol. The molecule has 0 N–H and O–H groups in total. The zero-order valence-corrected chi connectivity index (χ0v) is 14.1. The van der Waals surface area contributed by atoms with Gasteiger partial charge in [-0.1, -0.05) is 19.6 Å². The van der Waals surface area contributed by atoms with E-state index in [9.17, 15) is 0 Å². The zero-order valence-electron chi connectivity index (χ0n) is 14.1. The summed E-state index contributed by atoms with van der Waals surface area (Å²) in [5, 5.41) is 0. The van der Waals surface area contributed by atoms with Crippen LogP contribution in [0.25, 0.3) is 0 Å². The molecule has 0 amide bonds. The van der Waals surface area contributed by atoms with Gasteiger partial charge in [-0.2, -0.15) is 0 Å². The summed E-state index contributed by atoms with van der Waals surface area (Å²) in [4.78, 5) is 4.94. The van der Waals surface area contributed by atoms with Crippen LogP contribution in [0.4, 0.5) is 11.4 Å². The van der Waals surface area contributed by atoms with Gasteiger partial charge in [0.15, 0.2) is 0 Å². The third-order valence-corrected chi connectivity index (χ3v) is 5.64. The molecule has 0 bridgehead atoms. The molecule has 3 aliphatic rings. The van der Waals surface area contributed by atoms with Crippen molar-refractivity contribution in [1.82, 2.24) is 0 Å². The first-order valence-corrected chi connectivity index (χ1v) is 9.30. The highest BCUT2D eigenvalue weighted by molar-refractivity contribution is 5.62. The van der Waals surface area contributed by atoms with Gasteiger partial charge in [0.25, 0.3) is 0 Å². The first-order valence-electron chi connectivity index (χ1n) is 9.30. The molecule has 25 heavy (non-hydrogen) atoms. The third-order valence-electron chi connectivity index (χ3n) is 5.64. The Kier molecular flexibility index (Phi) is 4.32. The molecular weight excluding hydrogens is 308 g/mol. The van der Waals surface area contributed by atoms with Crippen LogP contribution in [0.5, 0.6) is 11.5 Å². The minimum absolute atomic E-state index is 0. The maximum atomic E-state index is 6.32. The van der Waals surface area contributed by atoms with Gasteiger partial charge in [-0.15, -0.1) is 0 Å². The molecule has 5 rings (SSSR count). The summed E-state index contributed by atoms with van der Waals surface area (Å²) in [6.45, 7) is 4.70. The molecule has 0 spiro atoms. The highest BCUT2D eigenvalue weighted by atomic mass is 16.5. The highest BCUT2D eigenvalue weighted by Gasteiger charge is 2.21. The van der Waals surface area contributed by atoms with Crippen molar-refractivity contribution in [3.8, 4) is 11.5 Å². The van der Waals surface area contributed by atoms with Crippen LogP contribution in [-0.4, -0.2) is 26.2 Å². The van der Waals surface area contributed by atoms with Crippen LogP contribution in [0.3, 0.4) is 0 Å². The minimum atomic E-state index is 0. The lowest BCUT2D eigenvalue weighted by Gasteiger charge is -2.25. The van der Waals surface area contributed by atoms with Crippen molar-refractivity contribution in [3.63, 3.8) is 0 Å². The molecule has 2 aromatic rings. The van der Waals surface area contributed by atoms with Gasteiger partial charge >= 0.3 is 0 Å². The summed E-state index contributed by atoms with van der Waals surface area (Å²) in [6, 6.07) is 13.5. The lowest BCUT2D eigenvalue weighted by Crippen LogP contribution is -2.18. The summed E-state index contributed by atoms with van der Waals surface area (Å²) in [7, 11) is 0. The maximum Gasteiger partial charge on any atom is 0.133 e. The molecule has 3 heterocycles. The molecular formula is C22H28N2O. The number of nitrogens with zero attached hydrogens (tertiary/aromatic N) is 2. The smallest absolute Gasteiger partial charge is 0.133 e. The Bertz CT molecular complexity index is 695. The van der Waals surface area contributed by atoms with Crippen molar-refractivity contribution >= 4 is 11.4 Å².